The van der Waals surface area contributed by atoms with Crippen molar-refractivity contribution in [1.82, 2.24) is 4.98 Å². The Morgan fingerprint density at radius 3 is 2.13 bits per heavy atom. The summed E-state index contributed by atoms with van der Waals surface area (Å²) in [6.07, 6.45) is 5.29. The van der Waals surface area contributed by atoms with Gasteiger partial charge in [-0.2, -0.15) is 0 Å². The molecule has 0 radical (unpaired) electrons. The third-order valence-corrected chi connectivity index (χ3v) is 1.77. The fourth-order valence-corrected chi connectivity index (χ4v) is 1.29. The van der Waals surface area contributed by atoms with Crippen molar-refractivity contribution in [3.05, 3.63) is 29.1 Å². The molecule has 15 heavy (non-hydrogen) atoms. The molecular weight excluding hydrogens is 182 g/mol. The number of H-pyrrole nitrogens is 1. The Labute approximate surface area is 95.6 Å². The van der Waals surface area contributed by atoms with Crippen LogP contribution < -0.4 is 0 Å². The molecule has 1 aromatic rings. The van der Waals surface area contributed by atoms with E-state index in [4.69, 9.17) is 0 Å². The van der Waals surface area contributed by atoms with Crippen molar-refractivity contribution in [3.63, 3.8) is 0 Å². The largest absolute Gasteiger partial charge is 0.362 e. The second kappa shape index (κ2) is 11.1. The van der Waals surface area contributed by atoms with E-state index in [9.17, 15) is 0 Å². The minimum atomic E-state index is 1.08. The first-order chi connectivity index (χ1) is 7.27. The Kier molecular flexibility index (Phi) is 12.2. The van der Waals surface area contributed by atoms with Crippen molar-refractivity contribution >= 4 is 6.08 Å². The topological polar surface area (TPSA) is 15.8 Å². The molecular formula is C14H27N. The summed E-state index contributed by atoms with van der Waals surface area (Å²) < 4.78 is 0. The number of nitrogens with one attached hydrogen (secondary N) is 1. The number of rotatable bonds is 2. The molecule has 0 saturated heterocycles. The molecule has 0 atom stereocenters. The van der Waals surface area contributed by atoms with Gasteiger partial charge in [-0.15, -0.1) is 0 Å². The molecule has 88 valence electrons. The van der Waals surface area contributed by atoms with Gasteiger partial charge in [0.15, 0.2) is 0 Å². The normalized spacial score (nSPS) is 9.00. The minimum Gasteiger partial charge on any atom is -0.362 e. The molecule has 0 fully saturated rings. The zero-order chi connectivity index (χ0) is 12.3. The predicted octanol–water partition coefficient (Wildman–Crippen LogP) is 4.97. The van der Waals surface area contributed by atoms with Crippen LogP contribution in [-0.4, -0.2) is 4.98 Å². The quantitative estimate of drug-likeness (QED) is 0.707. The van der Waals surface area contributed by atoms with Crippen LogP contribution in [0.3, 0.4) is 0 Å². The molecule has 0 aliphatic heterocycles. The summed E-state index contributed by atoms with van der Waals surface area (Å²) in [7, 11) is 0. The van der Waals surface area contributed by atoms with E-state index < -0.39 is 0 Å². The first-order valence-electron chi connectivity index (χ1n) is 6.09. The van der Waals surface area contributed by atoms with Gasteiger partial charge >= 0.3 is 0 Å². The summed E-state index contributed by atoms with van der Waals surface area (Å²) in [6.45, 7) is 14.3. The van der Waals surface area contributed by atoms with E-state index >= 15 is 0 Å². The van der Waals surface area contributed by atoms with Crippen molar-refractivity contribution in [1.29, 1.82) is 0 Å². The highest BCUT2D eigenvalue weighted by atomic mass is 14.7. The number of aromatic nitrogens is 1. The van der Waals surface area contributed by atoms with Gasteiger partial charge in [0, 0.05) is 11.4 Å². The highest BCUT2D eigenvalue weighted by Crippen LogP contribution is 2.12. The van der Waals surface area contributed by atoms with E-state index in [0.717, 1.165) is 6.42 Å². The van der Waals surface area contributed by atoms with E-state index in [-0.39, 0.29) is 0 Å². The summed E-state index contributed by atoms with van der Waals surface area (Å²) in [5, 5.41) is 0. The molecule has 0 saturated carbocycles. The number of allylic oxidation sites excluding steroid dienone is 1. The maximum absolute atomic E-state index is 3.33. The van der Waals surface area contributed by atoms with Crippen molar-refractivity contribution in [3.8, 4) is 0 Å². The van der Waals surface area contributed by atoms with Gasteiger partial charge in [-0.1, -0.05) is 46.8 Å². The maximum atomic E-state index is 3.33. The van der Waals surface area contributed by atoms with Crippen LogP contribution in [-0.2, 0) is 6.42 Å². The van der Waals surface area contributed by atoms with Crippen LogP contribution >= 0.6 is 0 Å². The van der Waals surface area contributed by atoms with Gasteiger partial charge in [-0.3, -0.25) is 0 Å². The molecule has 1 heterocycles. The highest BCUT2D eigenvalue weighted by Gasteiger charge is 1.98. The van der Waals surface area contributed by atoms with E-state index in [1.54, 1.807) is 0 Å². The third-order valence-electron chi connectivity index (χ3n) is 1.77. The Hall–Kier alpha value is -0.980. The zero-order valence-corrected chi connectivity index (χ0v) is 11.4. The lowest BCUT2D eigenvalue weighted by Gasteiger charge is -1.92. The van der Waals surface area contributed by atoms with Gasteiger partial charge in [0.2, 0.25) is 0 Å². The maximum Gasteiger partial charge on any atom is 0.0219 e. The number of aromatic amines is 1. The minimum absolute atomic E-state index is 1.08. The summed E-state index contributed by atoms with van der Waals surface area (Å²) in [6, 6.07) is 2.18. The van der Waals surface area contributed by atoms with Crippen LogP contribution in [0.15, 0.2) is 12.1 Å². The van der Waals surface area contributed by atoms with E-state index in [0.29, 0.717) is 0 Å². The molecule has 0 unspecified atom stereocenters. The average Bonchev–Trinajstić information content (AvgIpc) is 2.65. The van der Waals surface area contributed by atoms with Crippen molar-refractivity contribution in [2.45, 2.75) is 54.9 Å². The van der Waals surface area contributed by atoms with Gasteiger partial charge in [-0.25, -0.2) is 0 Å². The molecule has 1 aromatic heterocycles. The number of aryl methyl sites for hydroxylation is 2. The molecule has 0 amide bonds. The third kappa shape index (κ3) is 6.16. The van der Waals surface area contributed by atoms with E-state index in [2.05, 4.69) is 37.0 Å². The summed E-state index contributed by atoms with van der Waals surface area (Å²) >= 11 is 0. The monoisotopic (exact) mass is 209 g/mol. The highest BCUT2D eigenvalue weighted by molar-refractivity contribution is 5.53. The SMILES string of the molecule is C/C=C\c1cc(C)[nH]c1CC.CC.CC. The van der Waals surface area contributed by atoms with Crippen molar-refractivity contribution in [2.24, 2.45) is 0 Å². The smallest absolute Gasteiger partial charge is 0.0219 e. The molecule has 1 rings (SSSR count). The Bertz CT molecular complexity index is 256. The lowest BCUT2D eigenvalue weighted by molar-refractivity contribution is 1.04. The van der Waals surface area contributed by atoms with Crippen molar-refractivity contribution < 1.29 is 0 Å². The average molecular weight is 209 g/mol. The van der Waals surface area contributed by atoms with Crippen LogP contribution in [0.4, 0.5) is 0 Å². The summed E-state index contributed by atoms with van der Waals surface area (Å²) in [5.74, 6) is 0. The number of hydrogen-bond acceptors (Lipinski definition) is 0. The first kappa shape index (κ1) is 16.4. The molecule has 0 aromatic carbocycles. The lowest BCUT2D eigenvalue weighted by atomic mass is 10.2. The zero-order valence-electron chi connectivity index (χ0n) is 11.4. The number of hydrogen-bond donors (Lipinski definition) is 1. The summed E-state index contributed by atoms with van der Waals surface area (Å²) in [5.41, 5.74) is 3.91. The molecule has 0 aliphatic carbocycles. The molecule has 0 aliphatic rings. The second-order valence-electron chi connectivity index (χ2n) is 2.74. The van der Waals surface area contributed by atoms with Crippen LogP contribution in [0.2, 0.25) is 0 Å². The van der Waals surface area contributed by atoms with Gasteiger partial charge in [-0.05, 0) is 31.9 Å². The molecule has 0 bridgehead atoms. The first-order valence-corrected chi connectivity index (χ1v) is 6.09. The standard InChI is InChI=1S/C10H15N.2C2H6/c1-4-6-9-7-8(3)11-10(9)5-2;2*1-2/h4,6-7,11H,5H2,1-3H3;2*1-2H3/b6-4-;;. The van der Waals surface area contributed by atoms with Crippen LogP contribution in [0.5, 0.6) is 0 Å². The van der Waals surface area contributed by atoms with E-state index in [1.807, 2.05) is 34.6 Å². The van der Waals surface area contributed by atoms with Crippen LogP contribution in [0, 0.1) is 6.92 Å². The van der Waals surface area contributed by atoms with Gasteiger partial charge < -0.3 is 4.98 Å². The van der Waals surface area contributed by atoms with Crippen molar-refractivity contribution in [2.75, 3.05) is 0 Å². The summed E-state index contributed by atoms with van der Waals surface area (Å²) in [4.78, 5) is 3.33. The van der Waals surface area contributed by atoms with Gasteiger partial charge in [0.05, 0.1) is 0 Å². The fourth-order valence-electron chi connectivity index (χ4n) is 1.29. The van der Waals surface area contributed by atoms with Gasteiger partial charge in [0.25, 0.3) is 0 Å². The Morgan fingerprint density at radius 1 is 1.20 bits per heavy atom. The van der Waals surface area contributed by atoms with Gasteiger partial charge in [0.1, 0.15) is 0 Å². The Morgan fingerprint density at radius 2 is 1.73 bits per heavy atom. The molecule has 0 spiro atoms. The molecule has 1 N–H and O–H groups in total. The van der Waals surface area contributed by atoms with Crippen LogP contribution in [0.25, 0.3) is 6.08 Å². The fraction of sp³-hybridized carbons (Fsp3) is 0.571. The van der Waals surface area contributed by atoms with Crippen LogP contribution in [0.1, 0.15) is 58.5 Å². The Balaban J connectivity index is 0. The van der Waals surface area contributed by atoms with E-state index in [1.165, 1.54) is 17.0 Å². The molecule has 1 heteroatoms. The molecule has 1 nitrogen and oxygen atoms in total. The predicted molar refractivity (Wildman–Crippen MR) is 72.3 cm³/mol. The second-order valence-corrected chi connectivity index (χ2v) is 2.74. The lowest BCUT2D eigenvalue weighted by Crippen LogP contribution is -1.81.